The average molecular weight is 493 g/mol. The monoisotopic (exact) mass is 492 g/mol. The normalized spacial score (nSPS) is 18.2. The molecule has 0 atom stereocenters. The van der Waals surface area contributed by atoms with Crippen LogP contribution in [0.15, 0.2) is 40.4 Å². The van der Waals surface area contributed by atoms with Gasteiger partial charge in [-0.25, -0.2) is 0 Å². The van der Waals surface area contributed by atoms with Crippen molar-refractivity contribution in [3.63, 3.8) is 0 Å². The van der Waals surface area contributed by atoms with Gasteiger partial charge in [-0.2, -0.15) is 9.97 Å². The van der Waals surface area contributed by atoms with E-state index in [-0.39, 0.29) is 5.41 Å². The van der Waals surface area contributed by atoms with E-state index in [1.165, 1.54) is 16.7 Å². The Bertz CT molecular complexity index is 1230. The molecule has 35 heavy (non-hydrogen) atoms. The van der Waals surface area contributed by atoms with Crippen LogP contribution < -0.4 is 15.0 Å². The fourth-order valence-corrected chi connectivity index (χ4v) is 4.75. The minimum Gasteiger partial charge on any atom is -0.437 e. The summed E-state index contributed by atoms with van der Waals surface area (Å²) in [6, 6.07) is 5.82. The van der Waals surface area contributed by atoms with Crippen molar-refractivity contribution in [2.24, 2.45) is 10.4 Å². The molecule has 1 saturated heterocycles. The highest BCUT2D eigenvalue weighted by atomic mass is 35.5. The van der Waals surface area contributed by atoms with E-state index >= 15 is 0 Å². The third kappa shape index (κ3) is 5.21. The Morgan fingerprint density at radius 2 is 1.83 bits per heavy atom. The standard InChI is InChI=1S/C27H33ClN6O/c1-17-12-18-6-7-21(25(28)20(18)13-17)35-24-15-23(30-22-14-19(16-29-22)27(2,3)4)31-26(32-24)34-10-8-33(5)9-11-34/h6-7,13-15H,8-12,16H2,1-5H3,(H,29,30,31,32). The molecule has 0 spiro atoms. The number of hydrogen-bond acceptors (Lipinski definition) is 7. The molecule has 1 aliphatic carbocycles. The number of hydrogen-bond donors (Lipinski definition) is 1. The average Bonchev–Trinajstić information content (AvgIpc) is 3.43. The fourth-order valence-electron chi connectivity index (χ4n) is 4.48. The van der Waals surface area contributed by atoms with Crippen LogP contribution in [0, 0.1) is 5.41 Å². The smallest absolute Gasteiger partial charge is 0.230 e. The summed E-state index contributed by atoms with van der Waals surface area (Å²) in [5.74, 6) is 3.15. The van der Waals surface area contributed by atoms with Crippen molar-refractivity contribution in [2.45, 2.75) is 34.1 Å². The number of aromatic nitrogens is 2. The van der Waals surface area contributed by atoms with Crippen LogP contribution in [0.1, 0.15) is 38.8 Å². The molecule has 2 aromatic rings. The summed E-state index contributed by atoms with van der Waals surface area (Å²) in [5.41, 5.74) is 4.93. The van der Waals surface area contributed by atoms with Crippen LogP contribution in [0.5, 0.6) is 11.6 Å². The van der Waals surface area contributed by atoms with Gasteiger partial charge in [0.05, 0.1) is 11.6 Å². The molecule has 7 nitrogen and oxygen atoms in total. The number of likely N-dealkylation sites (N-methyl/N-ethyl adjacent to an activating group) is 1. The molecule has 0 saturated carbocycles. The van der Waals surface area contributed by atoms with Crippen molar-refractivity contribution in [3.8, 4) is 11.6 Å². The number of nitrogens with one attached hydrogen (secondary N) is 1. The summed E-state index contributed by atoms with van der Waals surface area (Å²) in [7, 11) is 2.13. The second-order valence-electron chi connectivity index (χ2n) is 10.6. The van der Waals surface area contributed by atoms with Crippen LogP contribution in [0.4, 0.5) is 11.8 Å². The molecule has 0 radical (unpaired) electrons. The van der Waals surface area contributed by atoms with Gasteiger partial charge < -0.3 is 19.9 Å². The van der Waals surface area contributed by atoms with E-state index in [4.69, 9.17) is 26.3 Å². The molecule has 1 N–H and O–H groups in total. The number of allylic oxidation sites excluding steroid dienone is 1. The molecule has 1 fully saturated rings. The van der Waals surface area contributed by atoms with E-state index < -0.39 is 0 Å². The Balaban J connectivity index is 1.45. The van der Waals surface area contributed by atoms with Crippen molar-refractivity contribution in [1.82, 2.24) is 14.9 Å². The molecule has 3 heterocycles. The molecule has 2 aliphatic heterocycles. The molecule has 1 aromatic heterocycles. The number of anilines is 2. The van der Waals surface area contributed by atoms with Gasteiger partial charge in [-0.05, 0) is 49.1 Å². The van der Waals surface area contributed by atoms with Crippen molar-refractivity contribution < 1.29 is 4.74 Å². The number of halogens is 1. The summed E-state index contributed by atoms with van der Waals surface area (Å²) in [6.45, 7) is 13.1. The SMILES string of the molecule is CC1=Cc2c(ccc(Oc3cc(NC4=NCC(C(C)(C)C)=C4)nc(N4CCN(C)CC4)n3)c2Cl)C1. The Morgan fingerprint density at radius 3 is 2.54 bits per heavy atom. The molecule has 0 amide bonds. The van der Waals surface area contributed by atoms with Crippen LogP contribution in [0.25, 0.3) is 6.08 Å². The van der Waals surface area contributed by atoms with Crippen molar-refractivity contribution >= 4 is 35.3 Å². The second kappa shape index (κ2) is 9.28. The first-order valence-electron chi connectivity index (χ1n) is 12.2. The predicted molar refractivity (Wildman–Crippen MR) is 144 cm³/mol. The lowest BCUT2D eigenvalue weighted by Gasteiger charge is -2.32. The highest BCUT2D eigenvalue weighted by Crippen LogP contribution is 2.39. The van der Waals surface area contributed by atoms with Crippen molar-refractivity contribution in [1.29, 1.82) is 0 Å². The number of nitrogens with zero attached hydrogens (tertiary/aromatic N) is 5. The summed E-state index contributed by atoms with van der Waals surface area (Å²) in [4.78, 5) is 18.8. The maximum atomic E-state index is 6.74. The van der Waals surface area contributed by atoms with Crippen LogP contribution in [0.2, 0.25) is 5.02 Å². The number of ether oxygens (including phenoxy) is 1. The fraction of sp³-hybridized carbons (Fsp3) is 0.444. The Hall–Kier alpha value is -2.90. The summed E-state index contributed by atoms with van der Waals surface area (Å²) < 4.78 is 6.26. The van der Waals surface area contributed by atoms with E-state index in [1.54, 1.807) is 0 Å². The molecule has 0 unspecified atom stereocenters. The largest absolute Gasteiger partial charge is 0.437 e. The minimum absolute atomic E-state index is 0.0784. The van der Waals surface area contributed by atoms with Gasteiger partial charge in [0.2, 0.25) is 11.8 Å². The highest BCUT2D eigenvalue weighted by Gasteiger charge is 2.23. The zero-order valence-electron chi connectivity index (χ0n) is 21.2. The third-order valence-corrected chi connectivity index (χ3v) is 7.13. The topological polar surface area (TPSA) is 65.9 Å². The molecule has 1 aromatic carbocycles. The van der Waals surface area contributed by atoms with Gasteiger partial charge in [0.1, 0.15) is 17.4 Å². The summed E-state index contributed by atoms with van der Waals surface area (Å²) in [6.07, 6.45) is 5.17. The van der Waals surface area contributed by atoms with E-state index in [1.807, 2.05) is 12.1 Å². The Labute approximate surface area is 212 Å². The molecule has 0 bridgehead atoms. The van der Waals surface area contributed by atoms with Gasteiger partial charge in [-0.15, -0.1) is 0 Å². The lowest BCUT2D eigenvalue weighted by Crippen LogP contribution is -2.45. The minimum atomic E-state index is 0.0784. The first-order valence-corrected chi connectivity index (χ1v) is 12.5. The zero-order chi connectivity index (χ0) is 24.7. The summed E-state index contributed by atoms with van der Waals surface area (Å²) in [5, 5.41) is 4.00. The number of fused-ring (bicyclic) bond motifs is 1. The molecule has 8 heteroatoms. The highest BCUT2D eigenvalue weighted by molar-refractivity contribution is 6.33. The van der Waals surface area contributed by atoms with Gasteiger partial charge in [0, 0.05) is 37.8 Å². The maximum Gasteiger partial charge on any atom is 0.230 e. The molecule has 3 aliphatic rings. The van der Waals surface area contributed by atoms with Crippen LogP contribution >= 0.6 is 11.6 Å². The Kier molecular flexibility index (Phi) is 6.32. The third-order valence-electron chi connectivity index (χ3n) is 6.74. The van der Waals surface area contributed by atoms with Crippen LogP contribution in [-0.2, 0) is 6.42 Å². The van der Waals surface area contributed by atoms with Gasteiger partial charge >= 0.3 is 0 Å². The lowest BCUT2D eigenvalue weighted by molar-refractivity contribution is 0.310. The number of benzene rings is 1. The molecular weight excluding hydrogens is 460 g/mol. The van der Waals surface area contributed by atoms with E-state index in [0.717, 1.165) is 44.0 Å². The number of aliphatic imine (C=N–C) groups is 1. The maximum absolute atomic E-state index is 6.74. The predicted octanol–water partition coefficient (Wildman–Crippen LogP) is 5.43. The molecular formula is C27H33ClN6O. The summed E-state index contributed by atoms with van der Waals surface area (Å²) >= 11 is 6.74. The van der Waals surface area contributed by atoms with E-state index in [2.05, 4.69) is 73.1 Å². The van der Waals surface area contributed by atoms with Gasteiger partial charge in [0.25, 0.3) is 0 Å². The number of rotatable bonds is 4. The van der Waals surface area contributed by atoms with Gasteiger partial charge in [-0.1, -0.05) is 50.1 Å². The number of amidine groups is 1. The van der Waals surface area contributed by atoms with Gasteiger partial charge in [0.15, 0.2) is 0 Å². The zero-order valence-corrected chi connectivity index (χ0v) is 21.9. The van der Waals surface area contributed by atoms with Gasteiger partial charge in [-0.3, -0.25) is 4.99 Å². The van der Waals surface area contributed by atoms with E-state index in [9.17, 15) is 0 Å². The van der Waals surface area contributed by atoms with Crippen molar-refractivity contribution in [3.05, 3.63) is 51.6 Å². The van der Waals surface area contributed by atoms with Crippen LogP contribution in [0.3, 0.4) is 0 Å². The second-order valence-corrected chi connectivity index (χ2v) is 11.0. The first-order chi connectivity index (χ1) is 16.7. The lowest BCUT2D eigenvalue weighted by atomic mass is 9.87. The molecule has 5 rings (SSSR count). The van der Waals surface area contributed by atoms with Crippen molar-refractivity contribution in [2.75, 3.05) is 50.0 Å². The number of piperazine rings is 1. The van der Waals surface area contributed by atoms with E-state index in [0.29, 0.717) is 35.0 Å². The molecule has 184 valence electrons. The van der Waals surface area contributed by atoms with Crippen LogP contribution in [-0.4, -0.2) is 60.5 Å². The Morgan fingerprint density at radius 1 is 1.06 bits per heavy atom. The quantitative estimate of drug-likeness (QED) is 0.613. The first kappa shape index (κ1) is 23.8.